The molecule has 4 heteroatoms. The maximum Gasteiger partial charge on any atom is 0.256 e. The number of rotatable bonds is 1. The lowest BCUT2D eigenvalue weighted by Gasteiger charge is -2.12. The molecule has 1 amide bonds. The fourth-order valence-electron chi connectivity index (χ4n) is 1.52. The predicted octanol–water partition coefficient (Wildman–Crippen LogP) is 1.60. The smallest absolute Gasteiger partial charge is 0.256 e. The van der Waals surface area contributed by atoms with E-state index in [1.807, 2.05) is 12.2 Å². The molecule has 1 aromatic rings. The lowest BCUT2D eigenvalue weighted by Crippen LogP contribution is -2.31. The van der Waals surface area contributed by atoms with E-state index in [2.05, 4.69) is 17.2 Å². The minimum atomic E-state index is -0.164. The largest absolute Gasteiger partial charge is 0.399 e. The van der Waals surface area contributed by atoms with Crippen molar-refractivity contribution in [1.29, 1.82) is 0 Å². The summed E-state index contributed by atoms with van der Waals surface area (Å²) in [5.41, 5.74) is 6.78. The number of nitrogen functional groups attached to an aromatic ring is 1. The van der Waals surface area contributed by atoms with Crippen molar-refractivity contribution >= 4 is 17.4 Å². The van der Waals surface area contributed by atoms with Gasteiger partial charge in [0.15, 0.2) is 0 Å². The van der Waals surface area contributed by atoms with Gasteiger partial charge in [-0.2, -0.15) is 0 Å². The second-order valence-electron chi connectivity index (χ2n) is 4.14. The van der Waals surface area contributed by atoms with E-state index in [-0.39, 0.29) is 5.91 Å². The van der Waals surface area contributed by atoms with Gasteiger partial charge in [0, 0.05) is 17.8 Å². The van der Waals surface area contributed by atoms with Crippen LogP contribution >= 0.6 is 0 Å². The lowest BCUT2D eigenvalue weighted by molar-refractivity contribution is 0.0977. The Balaban J connectivity index is 2.03. The first-order valence-corrected chi connectivity index (χ1v) is 5.54. The summed E-state index contributed by atoms with van der Waals surface area (Å²) in [6.45, 7) is 2.80. The maximum absolute atomic E-state index is 11.8. The average molecular weight is 229 g/mol. The number of hydrogen-bond donors (Lipinski definition) is 2. The third kappa shape index (κ3) is 2.93. The number of amidine groups is 1. The number of aliphatic imine (C=N–C) groups is 1. The number of carbonyl (C=O) groups is 1. The highest BCUT2D eigenvalue weighted by Crippen LogP contribution is 2.07. The third-order valence-electron chi connectivity index (χ3n) is 2.55. The maximum atomic E-state index is 11.8. The van der Waals surface area contributed by atoms with Crippen molar-refractivity contribution in [3.63, 3.8) is 0 Å². The van der Waals surface area contributed by atoms with Gasteiger partial charge in [-0.25, -0.2) is 0 Å². The van der Waals surface area contributed by atoms with Crippen molar-refractivity contribution in [2.24, 2.45) is 10.9 Å². The Bertz CT molecular complexity index is 474. The number of nitrogens with zero attached hydrogens (tertiary/aromatic N) is 1. The third-order valence-corrected chi connectivity index (χ3v) is 2.55. The second kappa shape index (κ2) is 4.82. The van der Waals surface area contributed by atoms with Gasteiger partial charge < -0.3 is 11.1 Å². The first-order valence-electron chi connectivity index (χ1n) is 5.54. The van der Waals surface area contributed by atoms with Gasteiger partial charge in [-0.1, -0.05) is 13.0 Å². The molecule has 1 heterocycles. The summed E-state index contributed by atoms with van der Waals surface area (Å²) in [6.07, 6.45) is 3.87. The van der Waals surface area contributed by atoms with Crippen LogP contribution in [0.1, 0.15) is 17.3 Å². The molecule has 1 aromatic carbocycles. The summed E-state index contributed by atoms with van der Waals surface area (Å²) in [6, 6.07) is 6.80. The molecule has 0 saturated heterocycles. The van der Waals surface area contributed by atoms with Crippen molar-refractivity contribution in [3.8, 4) is 0 Å². The van der Waals surface area contributed by atoms with E-state index in [1.165, 1.54) is 0 Å². The van der Waals surface area contributed by atoms with Gasteiger partial charge in [0.05, 0.1) is 0 Å². The standard InChI is InChI=1S/C13H15N3O/c1-9-2-7-12(15-8-9)16-13(17)10-3-5-11(14)6-4-10/h2-7,9H,8,14H2,1H3,(H,15,16,17)/t9-/m1/s1. The van der Waals surface area contributed by atoms with Crippen molar-refractivity contribution < 1.29 is 4.79 Å². The summed E-state index contributed by atoms with van der Waals surface area (Å²) < 4.78 is 0. The van der Waals surface area contributed by atoms with E-state index in [4.69, 9.17) is 5.73 Å². The van der Waals surface area contributed by atoms with Crippen LogP contribution in [-0.4, -0.2) is 18.3 Å². The zero-order valence-electron chi connectivity index (χ0n) is 9.68. The normalized spacial score (nSPS) is 18.6. The summed E-state index contributed by atoms with van der Waals surface area (Å²) in [7, 11) is 0. The number of anilines is 1. The van der Waals surface area contributed by atoms with Gasteiger partial charge in [-0.05, 0) is 36.3 Å². The highest BCUT2D eigenvalue weighted by molar-refractivity contribution is 6.10. The van der Waals surface area contributed by atoms with E-state index in [0.29, 0.717) is 29.5 Å². The molecule has 0 aliphatic carbocycles. The molecule has 1 atom stereocenters. The number of hydrogen-bond acceptors (Lipinski definition) is 3. The Hall–Kier alpha value is -2.10. The highest BCUT2D eigenvalue weighted by atomic mass is 16.1. The Labute approximate surface area is 100 Å². The van der Waals surface area contributed by atoms with E-state index < -0.39 is 0 Å². The predicted molar refractivity (Wildman–Crippen MR) is 68.9 cm³/mol. The Morgan fingerprint density at radius 2 is 2.12 bits per heavy atom. The molecule has 0 aromatic heterocycles. The molecule has 3 N–H and O–H groups in total. The number of dihydropyridines is 1. The summed E-state index contributed by atoms with van der Waals surface area (Å²) in [5.74, 6) is 0.889. The molecule has 17 heavy (non-hydrogen) atoms. The Morgan fingerprint density at radius 1 is 1.41 bits per heavy atom. The van der Waals surface area contributed by atoms with Gasteiger partial charge in [-0.3, -0.25) is 9.79 Å². The molecular formula is C13H15N3O. The Morgan fingerprint density at radius 3 is 2.71 bits per heavy atom. The van der Waals surface area contributed by atoms with Crippen molar-refractivity contribution in [1.82, 2.24) is 5.32 Å². The Kier molecular flexibility index (Phi) is 3.23. The molecule has 0 radical (unpaired) electrons. The zero-order valence-corrected chi connectivity index (χ0v) is 9.68. The van der Waals surface area contributed by atoms with E-state index in [1.54, 1.807) is 24.3 Å². The van der Waals surface area contributed by atoms with Crippen molar-refractivity contribution in [3.05, 3.63) is 42.0 Å². The highest BCUT2D eigenvalue weighted by Gasteiger charge is 2.09. The van der Waals surface area contributed by atoms with Gasteiger partial charge in [0.2, 0.25) is 0 Å². The lowest BCUT2D eigenvalue weighted by atomic mass is 10.1. The van der Waals surface area contributed by atoms with E-state index in [0.717, 1.165) is 0 Å². The van der Waals surface area contributed by atoms with Crippen LogP contribution < -0.4 is 11.1 Å². The molecule has 0 spiro atoms. The fraction of sp³-hybridized carbons (Fsp3) is 0.231. The van der Waals surface area contributed by atoms with E-state index >= 15 is 0 Å². The van der Waals surface area contributed by atoms with Crippen LogP contribution in [0.15, 0.2) is 41.4 Å². The quantitative estimate of drug-likeness (QED) is 0.718. The van der Waals surface area contributed by atoms with Crippen molar-refractivity contribution in [2.75, 3.05) is 12.3 Å². The number of nitrogens with two attached hydrogens (primary N) is 1. The van der Waals surface area contributed by atoms with Crippen LogP contribution in [-0.2, 0) is 0 Å². The topological polar surface area (TPSA) is 67.5 Å². The number of nitrogens with one attached hydrogen (secondary N) is 1. The molecule has 4 nitrogen and oxygen atoms in total. The SMILES string of the molecule is C[C@@H]1C=CC(NC(=O)c2ccc(N)cc2)=NC1. The van der Waals surface area contributed by atoms with Gasteiger partial charge >= 0.3 is 0 Å². The molecule has 0 fully saturated rings. The number of amides is 1. The minimum Gasteiger partial charge on any atom is -0.399 e. The van der Waals surface area contributed by atoms with Gasteiger partial charge in [-0.15, -0.1) is 0 Å². The van der Waals surface area contributed by atoms with Crippen LogP contribution in [0.25, 0.3) is 0 Å². The molecular weight excluding hydrogens is 214 g/mol. The number of carbonyl (C=O) groups excluding carboxylic acids is 1. The minimum absolute atomic E-state index is 0.164. The van der Waals surface area contributed by atoms with Crippen molar-refractivity contribution in [2.45, 2.75) is 6.92 Å². The van der Waals surface area contributed by atoms with Crippen LogP contribution in [0.3, 0.4) is 0 Å². The zero-order chi connectivity index (χ0) is 12.3. The first kappa shape index (κ1) is 11.4. The molecule has 0 saturated carbocycles. The second-order valence-corrected chi connectivity index (χ2v) is 4.14. The molecule has 88 valence electrons. The monoisotopic (exact) mass is 229 g/mol. The molecule has 1 aliphatic heterocycles. The van der Waals surface area contributed by atoms with Gasteiger partial charge in [0.25, 0.3) is 5.91 Å². The number of benzene rings is 1. The van der Waals surface area contributed by atoms with Crippen LogP contribution in [0.2, 0.25) is 0 Å². The van der Waals surface area contributed by atoms with Crippen LogP contribution in [0.5, 0.6) is 0 Å². The summed E-state index contributed by atoms with van der Waals surface area (Å²) in [4.78, 5) is 16.1. The van der Waals surface area contributed by atoms with E-state index in [9.17, 15) is 4.79 Å². The van der Waals surface area contributed by atoms with Crippen LogP contribution in [0, 0.1) is 5.92 Å². The van der Waals surface area contributed by atoms with Gasteiger partial charge in [0.1, 0.15) is 5.84 Å². The molecule has 0 bridgehead atoms. The fourth-order valence-corrected chi connectivity index (χ4v) is 1.52. The van der Waals surface area contributed by atoms with Crippen LogP contribution in [0.4, 0.5) is 5.69 Å². The average Bonchev–Trinajstić information content (AvgIpc) is 2.33. The summed E-state index contributed by atoms with van der Waals surface area (Å²) >= 11 is 0. The molecule has 0 unspecified atom stereocenters. The molecule has 1 aliphatic rings. The first-order chi connectivity index (χ1) is 8.15. The molecule has 2 rings (SSSR count). The summed E-state index contributed by atoms with van der Waals surface area (Å²) in [5, 5.41) is 2.76.